The van der Waals surface area contributed by atoms with Gasteiger partial charge in [0.05, 0.1) is 12.0 Å². The van der Waals surface area contributed by atoms with Crippen molar-refractivity contribution in [3.63, 3.8) is 0 Å². The van der Waals surface area contributed by atoms with E-state index in [0.29, 0.717) is 25.2 Å². The van der Waals surface area contributed by atoms with Crippen LogP contribution in [0.4, 0.5) is 4.79 Å². The van der Waals surface area contributed by atoms with E-state index in [4.69, 9.17) is 5.11 Å². The number of nitrogens with zero attached hydrogens (tertiary/aromatic N) is 3. The number of amides is 2. The molecule has 2 amide bonds. The number of carboxylic acid groups (broad SMARTS) is 1. The van der Waals surface area contributed by atoms with Crippen molar-refractivity contribution in [1.82, 2.24) is 25.4 Å². The third-order valence-electron chi connectivity index (χ3n) is 3.54. The van der Waals surface area contributed by atoms with Crippen LogP contribution in [0.3, 0.4) is 0 Å². The molecule has 1 saturated carbocycles. The summed E-state index contributed by atoms with van der Waals surface area (Å²) in [5, 5.41) is 18.2. The molecule has 0 atom stereocenters. The predicted molar refractivity (Wildman–Crippen MR) is 65.2 cm³/mol. The van der Waals surface area contributed by atoms with E-state index >= 15 is 0 Å². The molecule has 8 nitrogen and oxygen atoms in total. The van der Waals surface area contributed by atoms with Crippen molar-refractivity contribution in [2.45, 2.75) is 25.8 Å². The second-order valence-corrected chi connectivity index (χ2v) is 4.89. The minimum absolute atomic E-state index is 0.169. The number of aliphatic carboxylic acids is 1. The zero-order chi connectivity index (χ0) is 13.9. The van der Waals surface area contributed by atoms with Crippen LogP contribution >= 0.6 is 0 Å². The molecule has 1 aliphatic carbocycles. The first-order valence-electron chi connectivity index (χ1n) is 6.10. The molecule has 0 bridgehead atoms. The lowest BCUT2D eigenvalue weighted by Crippen LogP contribution is -2.49. The van der Waals surface area contributed by atoms with E-state index in [-0.39, 0.29) is 12.6 Å². The summed E-state index contributed by atoms with van der Waals surface area (Å²) in [6.45, 7) is 0.466. The molecule has 0 aromatic carbocycles. The number of hydrogen-bond donors (Lipinski definition) is 3. The van der Waals surface area contributed by atoms with Crippen LogP contribution in [0.2, 0.25) is 0 Å². The van der Waals surface area contributed by atoms with Gasteiger partial charge in [-0.05, 0) is 12.8 Å². The minimum atomic E-state index is -0.836. The van der Waals surface area contributed by atoms with Crippen molar-refractivity contribution in [2.75, 3.05) is 13.6 Å². The molecule has 0 radical (unpaired) electrons. The SMILES string of the molecule is CN(Cc1ncn[nH]1)C(=O)NCC1(C(=O)O)CCC1. The molecule has 1 aliphatic rings. The van der Waals surface area contributed by atoms with Gasteiger partial charge in [0.25, 0.3) is 0 Å². The third kappa shape index (κ3) is 2.83. The number of nitrogens with one attached hydrogen (secondary N) is 2. The highest BCUT2D eigenvalue weighted by atomic mass is 16.4. The van der Waals surface area contributed by atoms with E-state index in [1.165, 1.54) is 11.2 Å². The van der Waals surface area contributed by atoms with Crippen molar-refractivity contribution in [3.8, 4) is 0 Å². The van der Waals surface area contributed by atoms with Crippen LogP contribution in [-0.2, 0) is 11.3 Å². The van der Waals surface area contributed by atoms with Gasteiger partial charge in [0.2, 0.25) is 0 Å². The summed E-state index contributed by atoms with van der Waals surface area (Å²) < 4.78 is 0. The Balaban J connectivity index is 1.82. The van der Waals surface area contributed by atoms with Gasteiger partial charge in [0.1, 0.15) is 12.2 Å². The molecule has 0 spiro atoms. The summed E-state index contributed by atoms with van der Waals surface area (Å²) in [7, 11) is 1.62. The van der Waals surface area contributed by atoms with Crippen LogP contribution in [0.1, 0.15) is 25.1 Å². The summed E-state index contributed by atoms with van der Waals surface area (Å²) in [6, 6.07) is -0.316. The van der Waals surface area contributed by atoms with Crippen molar-refractivity contribution >= 4 is 12.0 Å². The van der Waals surface area contributed by atoms with Crippen LogP contribution in [0.5, 0.6) is 0 Å². The molecule has 19 heavy (non-hydrogen) atoms. The summed E-state index contributed by atoms with van der Waals surface area (Å²) in [4.78, 5) is 28.3. The highest BCUT2D eigenvalue weighted by Gasteiger charge is 2.44. The first-order chi connectivity index (χ1) is 9.03. The van der Waals surface area contributed by atoms with E-state index in [9.17, 15) is 9.59 Å². The molecule has 1 heterocycles. The number of H-pyrrole nitrogens is 1. The van der Waals surface area contributed by atoms with Crippen LogP contribution in [0.25, 0.3) is 0 Å². The predicted octanol–water partition coefficient (Wildman–Crippen LogP) is 0.201. The van der Waals surface area contributed by atoms with Gasteiger partial charge in [-0.1, -0.05) is 6.42 Å². The van der Waals surface area contributed by atoms with Gasteiger partial charge < -0.3 is 15.3 Å². The topological polar surface area (TPSA) is 111 Å². The van der Waals surface area contributed by atoms with E-state index in [1.54, 1.807) is 7.05 Å². The van der Waals surface area contributed by atoms with E-state index < -0.39 is 11.4 Å². The fourth-order valence-electron chi connectivity index (χ4n) is 2.05. The molecule has 0 aliphatic heterocycles. The Hall–Kier alpha value is -2.12. The Labute approximate surface area is 110 Å². The van der Waals surface area contributed by atoms with Crippen molar-refractivity contribution in [3.05, 3.63) is 12.2 Å². The number of urea groups is 1. The number of hydrogen-bond acceptors (Lipinski definition) is 4. The Morgan fingerprint density at radius 3 is 2.79 bits per heavy atom. The van der Waals surface area contributed by atoms with Gasteiger partial charge in [0, 0.05) is 13.6 Å². The van der Waals surface area contributed by atoms with Crippen molar-refractivity contribution in [2.24, 2.45) is 5.41 Å². The molecule has 2 rings (SSSR count). The molecule has 8 heteroatoms. The number of carboxylic acids is 1. The molecule has 1 fully saturated rings. The average molecular weight is 267 g/mol. The Morgan fingerprint density at radius 1 is 1.58 bits per heavy atom. The summed E-state index contributed by atoms with van der Waals surface area (Å²) >= 11 is 0. The number of carbonyl (C=O) groups excluding carboxylic acids is 1. The van der Waals surface area contributed by atoms with E-state index in [0.717, 1.165) is 6.42 Å². The van der Waals surface area contributed by atoms with E-state index in [1.807, 2.05) is 0 Å². The molecule has 104 valence electrons. The Morgan fingerprint density at radius 2 is 2.32 bits per heavy atom. The number of aromatic nitrogens is 3. The maximum Gasteiger partial charge on any atom is 0.317 e. The summed E-state index contributed by atoms with van der Waals surface area (Å²) in [5.74, 6) is -0.258. The summed E-state index contributed by atoms with van der Waals surface area (Å²) in [6.07, 6.45) is 3.51. The van der Waals surface area contributed by atoms with Crippen LogP contribution in [0, 0.1) is 5.41 Å². The third-order valence-corrected chi connectivity index (χ3v) is 3.54. The fourth-order valence-corrected chi connectivity index (χ4v) is 2.05. The normalized spacial score (nSPS) is 16.5. The Kier molecular flexibility index (Phi) is 3.68. The van der Waals surface area contributed by atoms with Gasteiger partial charge in [-0.3, -0.25) is 9.89 Å². The molecule has 0 saturated heterocycles. The van der Waals surface area contributed by atoms with Gasteiger partial charge in [-0.25, -0.2) is 9.78 Å². The fraction of sp³-hybridized carbons (Fsp3) is 0.636. The molecule has 0 unspecified atom stereocenters. The Bertz CT molecular complexity index is 455. The highest BCUT2D eigenvalue weighted by Crippen LogP contribution is 2.40. The number of aromatic amines is 1. The largest absolute Gasteiger partial charge is 0.481 e. The van der Waals surface area contributed by atoms with Gasteiger partial charge in [-0.15, -0.1) is 0 Å². The maximum atomic E-state index is 11.8. The second kappa shape index (κ2) is 5.25. The average Bonchev–Trinajstić information content (AvgIpc) is 2.79. The van der Waals surface area contributed by atoms with Crippen LogP contribution < -0.4 is 5.32 Å². The first kappa shape index (κ1) is 13.3. The quantitative estimate of drug-likeness (QED) is 0.705. The maximum absolute atomic E-state index is 11.8. The molecule has 1 aromatic rings. The van der Waals surface area contributed by atoms with Crippen LogP contribution in [0.15, 0.2) is 6.33 Å². The smallest absolute Gasteiger partial charge is 0.317 e. The molecular formula is C11H17N5O3. The van der Waals surface area contributed by atoms with Crippen molar-refractivity contribution < 1.29 is 14.7 Å². The lowest BCUT2D eigenvalue weighted by atomic mass is 9.69. The highest BCUT2D eigenvalue weighted by molar-refractivity contribution is 5.78. The zero-order valence-corrected chi connectivity index (χ0v) is 10.7. The first-order valence-corrected chi connectivity index (χ1v) is 6.10. The van der Waals surface area contributed by atoms with Gasteiger partial charge in [0.15, 0.2) is 0 Å². The van der Waals surface area contributed by atoms with Gasteiger partial charge in [-0.2, -0.15) is 5.10 Å². The molecule has 1 aromatic heterocycles. The monoisotopic (exact) mass is 267 g/mol. The standard InChI is InChI=1S/C11H17N5O3/c1-16(5-8-13-7-14-15-8)10(19)12-6-11(9(17)18)3-2-4-11/h7H,2-6H2,1H3,(H,12,19)(H,17,18)(H,13,14,15). The second-order valence-electron chi connectivity index (χ2n) is 4.89. The van der Waals surface area contributed by atoms with Gasteiger partial charge >= 0.3 is 12.0 Å². The minimum Gasteiger partial charge on any atom is -0.481 e. The van der Waals surface area contributed by atoms with E-state index in [2.05, 4.69) is 20.5 Å². The summed E-state index contributed by atoms with van der Waals surface area (Å²) in [5.41, 5.74) is -0.775. The number of carbonyl (C=O) groups is 2. The molecule has 3 N–H and O–H groups in total. The number of rotatable bonds is 5. The van der Waals surface area contributed by atoms with Crippen LogP contribution in [-0.4, -0.2) is 50.8 Å². The zero-order valence-electron chi connectivity index (χ0n) is 10.7. The molecular weight excluding hydrogens is 250 g/mol. The lowest BCUT2D eigenvalue weighted by molar-refractivity contribution is -0.153. The van der Waals surface area contributed by atoms with Crippen molar-refractivity contribution in [1.29, 1.82) is 0 Å². The lowest BCUT2D eigenvalue weighted by Gasteiger charge is -2.37.